The molecule has 2 nitrogen and oxygen atoms in total. The van der Waals surface area contributed by atoms with Crippen LogP contribution >= 0.6 is 15.9 Å². The molecule has 15 heavy (non-hydrogen) atoms. The van der Waals surface area contributed by atoms with Crippen molar-refractivity contribution in [3.63, 3.8) is 0 Å². The van der Waals surface area contributed by atoms with E-state index in [1.54, 1.807) is 18.9 Å². The van der Waals surface area contributed by atoms with Gasteiger partial charge in [0.2, 0.25) is 0 Å². The normalized spacial score (nSPS) is 9.00. The molecule has 0 saturated heterocycles. The maximum atomic E-state index is 11.4. The molecule has 0 bridgehead atoms. The molecule has 3 heteroatoms. The first-order chi connectivity index (χ1) is 7.13. The molecule has 0 spiro atoms. The summed E-state index contributed by atoms with van der Waals surface area (Å²) in [5.41, 5.74) is 1.09. The molecule has 0 saturated carbocycles. The molecular formula is C12H12BrNO. The van der Waals surface area contributed by atoms with Crippen LogP contribution in [0.25, 0.3) is 0 Å². The number of amides is 1. The molecule has 0 aromatic heterocycles. The average Bonchev–Trinajstić information content (AvgIpc) is 2.22. The first kappa shape index (κ1) is 11.8. The van der Waals surface area contributed by atoms with Gasteiger partial charge >= 0.3 is 0 Å². The van der Waals surface area contributed by atoms with Crippen LogP contribution in [0.4, 0.5) is 0 Å². The van der Waals surface area contributed by atoms with Gasteiger partial charge in [-0.1, -0.05) is 34.0 Å². The summed E-state index contributed by atoms with van der Waals surface area (Å²) in [5, 5.41) is 0. The molecule has 0 aliphatic heterocycles. The van der Waals surface area contributed by atoms with E-state index in [0.29, 0.717) is 6.54 Å². The zero-order valence-electron chi connectivity index (χ0n) is 8.75. The van der Waals surface area contributed by atoms with E-state index in [-0.39, 0.29) is 5.91 Å². The predicted molar refractivity (Wildman–Crippen MR) is 64.1 cm³/mol. The molecule has 0 fully saturated rings. The summed E-state index contributed by atoms with van der Waals surface area (Å²) in [4.78, 5) is 13.0. The van der Waals surface area contributed by atoms with Crippen LogP contribution in [0.5, 0.6) is 0 Å². The van der Waals surface area contributed by atoms with Gasteiger partial charge in [-0.2, -0.15) is 0 Å². The van der Waals surface area contributed by atoms with E-state index in [1.165, 1.54) is 0 Å². The van der Waals surface area contributed by atoms with Gasteiger partial charge in [0, 0.05) is 18.1 Å². The Morgan fingerprint density at radius 2 is 2.00 bits per heavy atom. The van der Waals surface area contributed by atoms with Gasteiger partial charge < -0.3 is 4.90 Å². The van der Waals surface area contributed by atoms with Crippen molar-refractivity contribution >= 4 is 21.8 Å². The molecule has 1 amide bonds. The van der Waals surface area contributed by atoms with Crippen LogP contribution in [0.2, 0.25) is 0 Å². The van der Waals surface area contributed by atoms with Crippen LogP contribution < -0.4 is 0 Å². The standard InChI is InChI=1S/C12H12BrNO/c1-3-4-12(15)14(2)9-10-5-7-11(13)8-6-10/h5-8H,9H2,1-2H3. The van der Waals surface area contributed by atoms with Crippen LogP contribution in [0, 0.1) is 11.8 Å². The molecular weight excluding hydrogens is 254 g/mol. The second kappa shape index (κ2) is 5.57. The van der Waals surface area contributed by atoms with Crippen molar-refractivity contribution in [2.75, 3.05) is 7.05 Å². The van der Waals surface area contributed by atoms with Crippen molar-refractivity contribution in [1.82, 2.24) is 4.90 Å². The fraction of sp³-hybridized carbons (Fsp3) is 0.250. The first-order valence-electron chi connectivity index (χ1n) is 4.56. The molecule has 0 heterocycles. The molecule has 1 aromatic carbocycles. The third-order valence-corrected chi connectivity index (χ3v) is 2.44. The number of rotatable bonds is 2. The maximum Gasteiger partial charge on any atom is 0.298 e. The van der Waals surface area contributed by atoms with Gasteiger partial charge in [0.1, 0.15) is 0 Å². The molecule has 0 aliphatic carbocycles. The highest BCUT2D eigenvalue weighted by Crippen LogP contribution is 2.11. The van der Waals surface area contributed by atoms with E-state index in [4.69, 9.17) is 0 Å². The summed E-state index contributed by atoms with van der Waals surface area (Å²) >= 11 is 3.36. The van der Waals surface area contributed by atoms with E-state index in [2.05, 4.69) is 27.8 Å². The number of carbonyl (C=O) groups is 1. The largest absolute Gasteiger partial charge is 0.331 e. The summed E-state index contributed by atoms with van der Waals surface area (Å²) in [6.07, 6.45) is 0. The first-order valence-corrected chi connectivity index (χ1v) is 5.35. The van der Waals surface area contributed by atoms with Crippen LogP contribution in [0.15, 0.2) is 28.7 Å². The monoisotopic (exact) mass is 265 g/mol. The fourth-order valence-corrected chi connectivity index (χ4v) is 1.40. The minimum Gasteiger partial charge on any atom is -0.331 e. The number of hydrogen-bond donors (Lipinski definition) is 0. The van der Waals surface area contributed by atoms with Crippen molar-refractivity contribution in [1.29, 1.82) is 0 Å². The van der Waals surface area contributed by atoms with E-state index < -0.39 is 0 Å². The number of hydrogen-bond acceptors (Lipinski definition) is 1. The third-order valence-electron chi connectivity index (χ3n) is 1.91. The average molecular weight is 266 g/mol. The highest BCUT2D eigenvalue weighted by molar-refractivity contribution is 9.10. The molecule has 1 rings (SSSR count). The van der Waals surface area contributed by atoms with E-state index in [1.807, 2.05) is 24.3 Å². The van der Waals surface area contributed by atoms with E-state index >= 15 is 0 Å². The minimum absolute atomic E-state index is 0.152. The minimum atomic E-state index is -0.152. The topological polar surface area (TPSA) is 20.3 Å². The SMILES string of the molecule is CC#CC(=O)N(C)Cc1ccc(Br)cc1. The number of benzene rings is 1. The second-order valence-electron chi connectivity index (χ2n) is 3.16. The molecule has 0 atom stereocenters. The van der Waals surface area contributed by atoms with Crippen LogP contribution in [0.1, 0.15) is 12.5 Å². The zero-order chi connectivity index (χ0) is 11.3. The van der Waals surface area contributed by atoms with Crippen molar-refractivity contribution in [2.24, 2.45) is 0 Å². The van der Waals surface area contributed by atoms with Crippen LogP contribution in [0.3, 0.4) is 0 Å². The Bertz CT molecular complexity index is 400. The lowest BCUT2D eigenvalue weighted by atomic mass is 10.2. The molecule has 0 aliphatic rings. The van der Waals surface area contributed by atoms with Gasteiger partial charge in [-0.25, -0.2) is 0 Å². The molecule has 0 N–H and O–H groups in total. The Hall–Kier alpha value is -1.27. The Morgan fingerprint density at radius 1 is 1.40 bits per heavy atom. The molecule has 78 valence electrons. The van der Waals surface area contributed by atoms with Crippen molar-refractivity contribution in [3.8, 4) is 11.8 Å². The van der Waals surface area contributed by atoms with E-state index in [0.717, 1.165) is 10.0 Å². The number of nitrogens with zero attached hydrogens (tertiary/aromatic N) is 1. The quantitative estimate of drug-likeness (QED) is 0.753. The van der Waals surface area contributed by atoms with E-state index in [9.17, 15) is 4.79 Å². The van der Waals surface area contributed by atoms with Gasteiger partial charge in [-0.3, -0.25) is 4.79 Å². The van der Waals surface area contributed by atoms with Crippen LogP contribution in [-0.4, -0.2) is 17.9 Å². The zero-order valence-corrected chi connectivity index (χ0v) is 10.3. The van der Waals surface area contributed by atoms with Crippen molar-refractivity contribution in [2.45, 2.75) is 13.5 Å². The van der Waals surface area contributed by atoms with Gasteiger partial charge in [0.15, 0.2) is 0 Å². The molecule has 0 radical (unpaired) electrons. The Kier molecular flexibility index (Phi) is 4.38. The fourth-order valence-electron chi connectivity index (χ4n) is 1.14. The molecule has 0 unspecified atom stereocenters. The predicted octanol–water partition coefficient (Wildman–Crippen LogP) is 2.43. The van der Waals surface area contributed by atoms with Crippen molar-refractivity contribution in [3.05, 3.63) is 34.3 Å². The highest BCUT2D eigenvalue weighted by Gasteiger charge is 2.05. The Labute approximate surface area is 98.4 Å². The number of carbonyl (C=O) groups excluding carboxylic acids is 1. The lowest BCUT2D eigenvalue weighted by Crippen LogP contribution is -2.24. The molecule has 1 aromatic rings. The van der Waals surface area contributed by atoms with Gasteiger partial charge in [0.05, 0.1) is 0 Å². The maximum absolute atomic E-state index is 11.4. The Balaban J connectivity index is 2.64. The summed E-state index contributed by atoms with van der Waals surface area (Å²) in [6.45, 7) is 2.24. The number of halogens is 1. The van der Waals surface area contributed by atoms with Crippen molar-refractivity contribution < 1.29 is 4.79 Å². The summed E-state index contributed by atoms with van der Waals surface area (Å²) in [7, 11) is 1.74. The second-order valence-corrected chi connectivity index (χ2v) is 4.08. The smallest absolute Gasteiger partial charge is 0.298 e. The van der Waals surface area contributed by atoms with Crippen LogP contribution in [-0.2, 0) is 11.3 Å². The highest BCUT2D eigenvalue weighted by atomic mass is 79.9. The van der Waals surface area contributed by atoms with Gasteiger partial charge in [-0.05, 0) is 30.5 Å². The van der Waals surface area contributed by atoms with Gasteiger partial charge in [-0.15, -0.1) is 0 Å². The summed E-state index contributed by atoms with van der Waals surface area (Å²) in [6, 6.07) is 7.87. The van der Waals surface area contributed by atoms with Gasteiger partial charge in [0.25, 0.3) is 5.91 Å². The third kappa shape index (κ3) is 3.77. The lowest BCUT2D eigenvalue weighted by molar-refractivity contribution is -0.124. The summed E-state index contributed by atoms with van der Waals surface area (Å²) < 4.78 is 1.04. The summed E-state index contributed by atoms with van der Waals surface area (Å²) in [5.74, 6) is 4.95. The lowest BCUT2D eigenvalue weighted by Gasteiger charge is -2.13. The Morgan fingerprint density at radius 3 is 2.53 bits per heavy atom.